The van der Waals surface area contributed by atoms with E-state index >= 15 is 0 Å². The molecule has 0 aliphatic rings. The molecule has 0 N–H and O–H groups in total. The second-order valence-electron chi connectivity index (χ2n) is 4.76. The summed E-state index contributed by atoms with van der Waals surface area (Å²) in [4.78, 5) is 13.3. The molecule has 0 aliphatic heterocycles. The Kier molecular flexibility index (Phi) is 5.32. The first-order valence-electron chi connectivity index (χ1n) is 6.85. The molecule has 110 valence electrons. The van der Waals surface area contributed by atoms with Crippen LogP contribution in [-0.4, -0.2) is 14.2 Å². The zero-order valence-corrected chi connectivity index (χ0v) is 13.4. The largest absolute Gasteiger partial charge is 0.291 e. The number of ketones is 1. The Bertz CT molecular complexity index is 574. The molecule has 21 heavy (non-hydrogen) atoms. The van der Waals surface area contributed by atoms with Crippen molar-refractivity contribution in [3.05, 3.63) is 66.2 Å². The molecule has 4 heteroatoms. The van der Waals surface area contributed by atoms with Crippen LogP contribution in [0.15, 0.2) is 65.6 Å². The minimum Gasteiger partial charge on any atom is -0.291 e. The van der Waals surface area contributed by atoms with E-state index in [-0.39, 0.29) is 5.78 Å². The van der Waals surface area contributed by atoms with E-state index in [2.05, 4.69) is 0 Å². The summed E-state index contributed by atoms with van der Waals surface area (Å²) in [6.45, 7) is 1.93. The number of benzene rings is 2. The predicted octanol–water partition coefficient (Wildman–Crippen LogP) is 4.41. The fourth-order valence-electron chi connectivity index (χ4n) is 2.15. The normalized spacial score (nSPS) is 15.1. The van der Waals surface area contributed by atoms with Crippen molar-refractivity contribution in [3.63, 3.8) is 0 Å². The Morgan fingerprint density at radius 1 is 1.05 bits per heavy atom. The van der Waals surface area contributed by atoms with Crippen LogP contribution < -0.4 is 0 Å². The lowest BCUT2D eigenvalue weighted by molar-refractivity contribution is 0.0970. The van der Waals surface area contributed by atoms with Crippen molar-refractivity contribution in [1.29, 1.82) is 0 Å². The summed E-state index contributed by atoms with van der Waals surface area (Å²) in [5.74, 6) is -0.284. The maximum absolute atomic E-state index is 12.8. The van der Waals surface area contributed by atoms with Crippen LogP contribution in [0.5, 0.6) is 0 Å². The highest BCUT2D eigenvalue weighted by molar-refractivity contribution is 7.89. The van der Waals surface area contributed by atoms with Crippen molar-refractivity contribution in [1.82, 2.24) is 0 Å². The standard InChI is InChI=1S/C17H17ClO2S/c1-2-13-17(18,16(19)14-9-5-3-6-10-14)21(20)15-11-7-4-8-12-15/h3-12H,2,13H2,1H3. The van der Waals surface area contributed by atoms with Gasteiger partial charge in [0.05, 0.1) is 10.8 Å². The molecule has 0 bridgehead atoms. The Hall–Kier alpha value is -1.45. The van der Waals surface area contributed by atoms with E-state index in [4.69, 9.17) is 11.6 Å². The minimum absolute atomic E-state index is 0.284. The summed E-state index contributed by atoms with van der Waals surface area (Å²) < 4.78 is 11.4. The van der Waals surface area contributed by atoms with Crippen molar-refractivity contribution in [3.8, 4) is 0 Å². The summed E-state index contributed by atoms with van der Waals surface area (Å²) in [7, 11) is -1.60. The van der Waals surface area contributed by atoms with Gasteiger partial charge in [0.1, 0.15) is 0 Å². The van der Waals surface area contributed by atoms with Crippen molar-refractivity contribution in [2.24, 2.45) is 0 Å². The van der Waals surface area contributed by atoms with Gasteiger partial charge in [-0.3, -0.25) is 9.00 Å². The fourth-order valence-corrected chi connectivity index (χ4v) is 4.17. The van der Waals surface area contributed by atoms with Gasteiger partial charge in [-0.2, -0.15) is 0 Å². The first kappa shape index (κ1) is 15.9. The summed E-state index contributed by atoms with van der Waals surface area (Å²) in [6.07, 6.45) is 1.05. The predicted molar refractivity (Wildman–Crippen MR) is 87.1 cm³/mol. The quantitative estimate of drug-likeness (QED) is 0.583. The molecule has 2 aromatic rings. The molecule has 2 nitrogen and oxygen atoms in total. The number of hydrogen-bond acceptors (Lipinski definition) is 2. The highest BCUT2D eigenvalue weighted by Crippen LogP contribution is 2.34. The molecule has 2 aromatic carbocycles. The molecule has 2 rings (SSSR count). The van der Waals surface area contributed by atoms with Crippen LogP contribution in [0.25, 0.3) is 0 Å². The third-order valence-electron chi connectivity index (χ3n) is 3.20. The van der Waals surface area contributed by atoms with Gasteiger partial charge in [0.25, 0.3) is 0 Å². The Morgan fingerprint density at radius 2 is 1.57 bits per heavy atom. The van der Waals surface area contributed by atoms with Crippen LogP contribution in [0.2, 0.25) is 0 Å². The van der Waals surface area contributed by atoms with Crippen molar-refractivity contribution >= 4 is 28.2 Å². The van der Waals surface area contributed by atoms with Crippen molar-refractivity contribution < 1.29 is 9.00 Å². The topological polar surface area (TPSA) is 34.1 Å². The number of carbonyl (C=O) groups is 1. The lowest BCUT2D eigenvalue weighted by atomic mass is 10.0. The Labute approximate surface area is 132 Å². The average Bonchev–Trinajstić information content (AvgIpc) is 2.55. The van der Waals surface area contributed by atoms with Gasteiger partial charge in [-0.25, -0.2) is 0 Å². The van der Waals surface area contributed by atoms with Gasteiger partial charge in [0.2, 0.25) is 0 Å². The summed E-state index contributed by atoms with van der Waals surface area (Å²) in [5, 5.41) is 0. The molecule has 0 saturated carbocycles. The molecule has 0 aromatic heterocycles. The Balaban J connectivity index is 2.41. The van der Waals surface area contributed by atoms with Gasteiger partial charge in [0.15, 0.2) is 9.99 Å². The molecular weight excluding hydrogens is 304 g/mol. The minimum atomic E-state index is -1.60. The second-order valence-corrected chi connectivity index (χ2v) is 7.33. The zero-order chi connectivity index (χ0) is 15.3. The maximum atomic E-state index is 12.8. The molecular formula is C17H17ClO2S. The number of carbonyl (C=O) groups excluding carboxylic acids is 1. The number of Topliss-reactive ketones (excluding diaryl/α,β-unsaturated/α-hetero) is 1. The van der Waals surface area contributed by atoms with E-state index in [9.17, 15) is 9.00 Å². The molecule has 2 unspecified atom stereocenters. The van der Waals surface area contributed by atoms with Gasteiger partial charge in [-0.15, -0.1) is 0 Å². The monoisotopic (exact) mass is 320 g/mol. The number of alkyl halides is 1. The van der Waals surface area contributed by atoms with Gasteiger partial charge < -0.3 is 0 Å². The smallest absolute Gasteiger partial charge is 0.196 e. The molecule has 0 heterocycles. The number of halogens is 1. The average molecular weight is 321 g/mol. The van der Waals surface area contributed by atoms with E-state index in [1.165, 1.54) is 0 Å². The maximum Gasteiger partial charge on any atom is 0.196 e. The molecule has 0 fully saturated rings. The van der Waals surface area contributed by atoms with E-state index in [1.807, 2.05) is 19.1 Å². The van der Waals surface area contributed by atoms with Crippen LogP contribution in [0.3, 0.4) is 0 Å². The first-order chi connectivity index (χ1) is 10.1. The van der Waals surface area contributed by atoms with E-state index in [0.29, 0.717) is 23.3 Å². The summed E-state index contributed by atoms with van der Waals surface area (Å²) >= 11 is 6.56. The van der Waals surface area contributed by atoms with Gasteiger partial charge in [-0.1, -0.05) is 73.5 Å². The molecule has 0 aliphatic carbocycles. The molecule has 0 radical (unpaired) electrons. The number of rotatable bonds is 6. The van der Waals surface area contributed by atoms with Crippen molar-refractivity contribution in [2.75, 3.05) is 0 Å². The Morgan fingerprint density at radius 3 is 2.10 bits per heavy atom. The molecule has 0 saturated heterocycles. The van der Waals surface area contributed by atoms with Gasteiger partial charge >= 0.3 is 0 Å². The second kappa shape index (κ2) is 7.01. The van der Waals surface area contributed by atoms with E-state index in [1.54, 1.807) is 48.5 Å². The summed E-state index contributed by atoms with van der Waals surface area (Å²) in [5.41, 5.74) is 0.491. The molecule has 0 spiro atoms. The zero-order valence-electron chi connectivity index (χ0n) is 11.8. The first-order valence-corrected chi connectivity index (χ1v) is 8.38. The van der Waals surface area contributed by atoms with Gasteiger partial charge in [0, 0.05) is 10.5 Å². The van der Waals surface area contributed by atoms with E-state index in [0.717, 1.165) is 0 Å². The summed E-state index contributed by atoms with van der Waals surface area (Å²) in [6, 6.07) is 17.7. The SMILES string of the molecule is CCCC(Cl)(C(=O)c1ccccc1)S(=O)c1ccccc1. The van der Waals surface area contributed by atoms with Gasteiger partial charge in [-0.05, 0) is 18.6 Å². The highest BCUT2D eigenvalue weighted by Gasteiger charge is 2.42. The van der Waals surface area contributed by atoms with Crippen molar-refractivity contribution in [2.45, 2.75) is 28.9 Å². The highest BCUT2D eigenvalue weighted by atomic mass is 35.5. The van der Waals surface area contributed by atoms with Crippen LogP contribution in [0, 0.1) is 0 Å². The molecule has 2 atom stereocenters. The lowest BCUT2D eigenvalue weighted by Gasteiger charge is -2.24. The van der Waals surface area contributed by atoms with Crippen LogP contribution in [0.4, 0.5) is 0 Å². The van der Waals surface area contributed by atoms with E-state index < -0.39 is 15.0 Å². The van der Waals surface area contributed by atoms with Crippen LogP contribution in [0.1, 0.15) is 30.1 Å². The lowest BCUT2D eigenvalue weighted by Crippen LogP contribution is -2.37. The number of hydrogen-bond donors (Lipinski definition) is 0. The third-order valence-corrected chi connectivity index (χ3v) is 5.66. The van der Waals surface area contributed by atoms with Crippen LogP contribution in [-0.2, 0) is 10.8 Å². The fraction of sp³-hybridized carbons (Fsp3) is 0.235. The molecule has 0 amide bonds. The third kappa shape index (κ3) is 3.42. The van der Waals surface area contributed by atoms with Crippen LogP contribution >= 0.6 is 11.6 Å².